The second-order valence-electron chi connectivity index (χ2n) is 5.38. The fourth-order valence-electron chi connectivity index (χ4n) is 2.69. The summed E-state index contributed by atoms with van der Waals surface area (Å²) in [7, 11) is -3.51. The Bertz CT molecular complexity index is 583. The SMILES string of the molecule is NS(=O)(=O)CC1(COc2ccc(Cl)c(Cl)c2)CCCC1. The summed E-state index contributed by atoms with van der Waals surface area (Å²) in [5, 5.41) is 6.06. The molecule has 1 aromatic carbocycles. The fraction of sp³-hybridized carbons (Fsp3) is 0.538. The highest BCUT2D eigenvalue weighted by molar-refractivity contribution is 7.89. The lowest BCUT2D eigenvalue weighted by Crippen LogP contribution is -2.36. The molecule has 2 rings (SSSR count). The Morgan fingerprint density at radius 1 is 1.20 bits per heavy atom. The number of ether oxygens (including phenoxy) is 1. The lowest BCUT2D eigenvalue weighted by atomic mass is 9.90. The lowest BCUT2D eigenvalue weighted by Gasteiger charge is -2.27. The monoisotopic (exact) mass is 337 g/mol. The zero-order valence-electron chi connectivity index (χ0n) is 10.9. The third-order valence-corrected chi connectivity index (χ3v) is 5.36. The van der Waals surface area contributed by atoms with E-state index in [9.17, 15) is 8.42 Å². The number of rotatable bonds is 5. The maximum Gasteiger partial charge on any atom is 0.209 e. The summed E-state index contributed by atoms with van der Waals surface area (Å²) >= 11 is 11.8. The van der Waals surface area contributed by atoms with E-state index >= 15 is 0 Å². The van der Waals surface area contributed by atoms with Crippen molar-refractivity contribution in [1.29, 1.82) is 0 Å². The van der Waals surface area contributed by atoms with E-state index in [1.807, 2.05) is 0 Å². The number of benzene rings is 1. The first kappa shape index (κ1) is 15.9. The van der Waals surface area contributed by atoms with Crippen LogP contribution in [0.25, 0.3) is 0 Å². The van der Waals surface area contributed by atoms with E-state index in [1.165, 1.54) is 0 Å². The van der Waals surface area contributed by atoms with Crippen LogP contribution in [0.4, 0.5) is 0 Å². The highest BCUT2D eigenvalue weighted by Gasteiger charge is 2.38. The number of hydrogen-bond acceptors (Lipinski definition) is 3. The minimum absolute atomic E-state index is 0.0404. The molecule has 1 aliphatic rings. The summed E-state index contributed by atoms with van der Waals surface area (Å²) in [6.07, 6.45) is 3.62. The molecule has 0 bridgehead atoms. The van der Waals surface area contributed by atoms with Crippen LogP contribution < -0.4 is 9.88 Å². The predicted molar refractivity (Wildman–Crippen MR) is 80.8 cm³/mol. The topological polar surface area (TPSA) is 69.4 Å². The lowest BCUT2D eigenvalue weighted by molar-refractivity contribution is 0.170. The van der Waals surface area contributed by atoms with Crippen molar-refractivity contribution in [1.82, 2.24) is 0 Å². The van der Waals surface area contributed by atoms with Crippen molar-refractivity contribution in [2.75, 3.05) is 12.4 Å². The number of primary sulfonamides is 1. The van der Waals surface area contributed by atoms with Crippen LogP contribution in [0.5, 0.6) is 5.75 Å². The van der Waals surface area contributed by atoms with Crippen molar-refractivity contribution < 1.29 is 13.2 Å². The zero-order valence-corrected chi connectivity index (χ0v) is 13.3. The first-order valence-electron chi connectivity index (χ1n) is 6.38. The van der Waals surface area contributed by atoms with Gasteiger partial charge >= 0.3 is 0 Å². The number of halogens is 2. The van der Waals surface area contributed by atoms with Crippen molar-refractivity contribution in [3.05, 3.63) is 28.2 Å². The molecule has 1 aromatic rings. The Morgan fingerprint density at radius 2 is 1.85 bits per heavy atom. The molecule has 0 aliphatic heterocycles. The highest BCUT2D eigenvalue weighted by atomic mass is 35.5. The molecule has 0 atom stereocenters. The maximum absolute atomic E-state index is 11.4. The smallest absolute Gasteiger partial charge is 0.209 e. The van der Waals surface area contributed by atoms with Gasteiger partial charge in [0.05, 0.1) is 22.4 Å². The third-order valence-electron chi connectivity index (χ3n) is 3.61. The standard InChI is InChI=1S/C13H17Cl2NO3S/c14-11-4-3-10(7-12(11)15)19-8-13(5-1-2-6-13)9-20(16,17)18/h3-4,7H,1-2,5-6,8-9H2,(H2,16,17,18). The molecule has 0 spiro atoms. The molecule has 7 heteroatoms. The Morgan fingerprint density at radius 3 is 2.40 bits per heavy atom. The van der Waals surface area contributed by atoms with E-state index in [4.69, 9.17) is 33.1 Å². The van der Waals surface area contributed by atoms with Crippen molar-refractivity contribution in [3.8, 4) is 5.75 Å². The van der Waals surface area contributed by atoms with Gasteiger partial charge in [0.25, 0.3) is 0 Å². The summed E-state index contributed by atoms with van der Waals surface area (Å²) in [5.74, 6) is 0.543. The minimum atomic E-state index is -3.51. The summed E-state index contributed by atoms with van der Waals surface area (Å²) in [5.41, 5.74) is -0.389. The van der Waals surface area contributed by atoms with Crippen LogP contribution >= 0.6 is 23.2 Å². The van der Waals surface area contributed by atoms with Gasteiger partial charge < -0.3 is 4.74 Å². The Balaban J connectivity index is 2.07. The fourth-order valence-corrected chi connectivity index (χ4v) is 4.20. The van der Waals surface area contributed by atoms with Gasteiger partial charge in [-0.3, -0.25) is 0 Å². The molecular formula is C13H17Cl2NO3S. The van der Waals surface area contributed by atoms with Crippen LogP contribution in [0.3, 0.4) is 0 Å². The zero-order chi connectivity index (χ0) is 14.8. The Labute approximate surface area is 129 Å². The molecule has 20 heavy (non-hydrogen) atoms. The molecule has 0 amide bonds. The molecule has 4 nitrogen and oxygen atoms in total. The average molecular weight is 338 g/mol. The van der Waals surface area contributed by atoms with Gasteiger partial charge in [0, 0.05) is 11.5 Å². The van der Waals surface area contributed by atoms with Crippen LogP contribution in [0, 0.1) is 5.41 Å². The van der Waals surface area contributed by atoms with Gasteiger partial charge in [0.2, 0.25) is 10.0 Å². The second-order valence-corrected chi connectivity index (χ2v) is 7.81. The van der Waals surface area contributed by atoms with Crippen molar-refractivity contribution in [2.24, 2.45) is 10.6 Å². The van der Waals surface area contributed by atoms with Crippen LogP contribution in [-0.4, -0.2) is 20.8 Å². The number of nitrogens with two attached hydrogens (primary N) is 1. The van der Waals surface area contributed by atoms with E-state index in [0.717, 1.165) is 25.7 Å². The third kappa shape index (κ3) is 4.25. The number of hydrogen-bond donors (Lipinski definition) is 1. The second kappa shape index (κ2) is 6.10. The predicted octanol–water partition coefficient (Wildman–Crippen LogP) is 3.22. The van der Waals surface area contributed by atoms with E-state index in [-0.39, 0.29) is 11.2 Å². The summed E-state index contributed by atoms with van der Waals surface area (Å²) in [4.78, 5) is 0. The van der Waals surface area contributed by atoms with Gasteiger partial charge in [-0.2, -0.15) is 0 Å². The molecule has 0 heterocycles. The largest absolute Gasteiger partial charge is 0.493 e. The first-order valence-corrected chi connectivity index (χ1v) is 8.85. The Hall–Kier alpha value is -0.490. The molecule has 1 aliphatic carbocycles. The molecule has 0 radical (unpaired) electrons. The highest BCUT2D eigenvalue weighted by Crippen LogP contribution is 2.39. The molecule has 0 aromatic heterocycles. The van der Waals surface area contributed by atoms with Gasteiger partial charge in [0.1, 0.15) is 5.75 Å². The Kier molecular flexibility index (Phi) is 4.84. The van der Waals surface area contributed by atoms with Crippen LogP contribution in [0.1, 0.15) is 25.7 Å². The van der Waals surface area contributed by atoms with E-state index < -0.39 is 10.0 Å². The minimum Gasteiger partial charge on any atom is -0.493 e. The van der Waals surface area contributed by atoms with Crippen molar-refractivity contribution in [2.45, 2.75) is 25.7 Å². The van der Waals surface area contributed by atoms with Crippen LogP contribution in [0.2, 0.25) is 10.0 Å². The summed E-state index contributed by atoms with van der Waals surface area (Å²) < 4.78 is 28.5. The average Bonchev–Trinajstić information content (AvgIpc) is 2.77. The van der Waals surface area contributed by atoms with E-state index in [2.05, 4.69) is 0 Å². The van der Waals surface area contributed by atoms with E-state index in [0.29, 0.717) is 22.4 Å². The quantitative estimate of drug-likeness (QED) is 0.896. The molecule has 2 N–H and O–H groups in total. The molecule has 1 fully saturated rings. The molecule has 0 unspecified atom stereocenters. The molecular weight excluding hydrogens is 321 g/mol. The number of sulfonamides is 1. The van der Waals surface area contributed by atoms with E-state index in [1.54, 1.807) is 18.2 Å². The first-order chi connectivity index (χ1) is 9.30. The van der Waals surface area contributed by atoms with Gasteiger partial charge in [-0.1, -0.05) is 36.0 Å². The van der Waals surface area contributed by atoms with Crippen molar-refractivity contribution in [3.63, 3.8) is 0 Å². The van der Waals surface area contributed by atoms with Gasteiger partial charge in [0.15, 0.2) is 0 Å². The molecule has 112 valence electrons. The van der Waals surface area contributed by atoms with Crippen LogP contribution in [-0.2, 0) is 10.0 Å². The normalized spacial score (nSPS) is 18.1. The van der Waals surface area contributed by atoms with Gasteiger partial charge in [-0.15, -0.1) is 0 Å². The molecule has 0 saturated heterocycles. The summed E-state index contributed by atoms with van der Waals surface area (Å²) in [6, 6.07) is 5.00. The maximum atomic E-state index is 11.4. The van der Waals surface area contributed by atoms with Crippen LogP contribution in [0.15, 0.2) is 18.2 Å². The molecule has 1 saturated carbocycles. The summed E-state index contributed by atoms with van der Waals surface area (Å²) in [6.45, 7) is 0.321. The van der Waals surface area contributed by atoms with Gasteiger partial charge in [-0.25, -0.2) is 13.6 Å². The van der Waals surface area contributed by atoms with Crippen molar-refractivity contribution >= 4 is 33.2 Å². The van der Waals surface area contributed by atoms with Gasteiger partial charge in [-0.05, 0) is 25.0 Å².